The summed E-state index contributed by atoms with van der Waals surface area (Å²) in [5.41, 5.74) is 0. The van der Waals surface area contributed by atoms with Gasteiger partial charge in [0, 0.05) is 20.3 Å². The summed E-state index contributed by atoms with van der Waals surface area (Å²) in [5, 5.41) is 24.8. The minimum atomic E-state index is 0.169. The summed E-state index contributed by atoms with van der Waals surface area (Å²) in [5.74, 6) is 0.339. The molecule has 15 heavy (non-hydrogen) atoms. The number of phenols is 2. The first-order valence-electron chi connectivity index (χ1n) is 4.01. The fraction of sp³-hybridized carbons (Fsp3) is 0.182. The van der Waals surface area contributed by atoms with Crippen molar-refractivity contribution < 1.29 is 14.9 Å². The molecule has 4 nitrogen and oxygen atoms in total. The molecule has 0 bridgehead atoms. The molecule has 0 radical (unpaired) electrons. The molecule has 0 fully saturated rings. The zero-order valence-electron chi connectivity index (χ0n) is 8.84. The van der Waals surface area contributed by atoms with Gasteiger partial charge in [-0.2, -0.15) is 5.26 Å². The summed E-state index contributed by atoms with van der Waals surface area (Å²) in [6.45, 7) is 3.12. The maximum Gasteiger partial charge on any atom is 0.115 e. The lowest BCUT2D eigenvalue weighted by Gasteiger charge is -1.88. The Bertz CT molecular complexity index is 267. The SMILES string of the molecule is C=CC#N.COC.Oc1ccc(O)cc1. The number of allylic oxidation sites excluding steroid dienone is 1. The Balaban J connectivity index is 0. The minimum Gasteiger partial charge on any atom is -0.508 e. The number of nitrogens with zero attached hydrogens (tertiary/aromatic N) is 1. The quantitative estimate of drug-likeness (QED) is 0.506. The number of rotatable bonds is 0. The number of ether oxygens (including phenoxy) is 1. The van der Waals surface area contributed by atoms with Crippen LogP contribution in [0.25, 0.3) is 0 Å². The predicted molar refractivity (Wildman–Crippen MR) is 58.5 cm³/mol. The van der Waals surface area contributed by atoms with E-state index in [1.165, 1.54) is 30.3 Å². The van der Waals surface area contributed by atoms with Gasteiger partial charge in [0.25, 0.3) is 0 Å². The van der Waals surface area contributed by atoms with E-state index in [-0.39, 0.29) is 11.5 Å². The van der Waals surface area contributed by atoms with Crippen molar-refractivity contribution in [2.24, 2.45) is 0 Å². The van der Waals surface area contributed by atoms with E-state index >= 15 is 0 Å². The molecular weight excluding hydrogens is 194 g/mol. The van der Waals surface area contributed by atoms with Crippen molar-refractivity contribution in [2.75, 3.05) is 14.2 Å². The molecule has 1 aromatic carbocycles. The van der Waals surface area contributed by atoms with E-state index < -0.39 is 0 Å². The standard InChI is InChI=1S/C6H6O2.C3H3N.C2H6O/c7-5-1-2-6(8)4-3-5;1-2-3-4;1-3-2/h1-4,7-8H;2H,1H2;1-2H3. The summed E-state index contributed by atoms with van der Waals surface area (Å²) in [6, 6.07) is 7.40. The van der Waals surface area contributed by atoms with Crippen molar-refractivity contribution >= 4 is 0 Å². The number of methoxy groups -OCH3 is 1. The van der Waals surface area contributed by atoms with E-state index in [0.29, 0.717) is 0 Å². The van der Waals surface area contributed by atoms with Crippen LogP contribution in [0.2, 0.25) is 0 Å². The van der Waals surface area contributed by atoms with Crippen LogP contribution in [0.15, 0.2) is 36.9 Å². The van der Waals surface area contributed by atoms with Crippen LogP contribution in [-0.2, 0) is 4.74 Å². The number of nitriles is 1. The summed E-state index contributed by atoms with van der Waals surface area (Å²) < 4.78 is 4.25. The lowest BCUT2D eigenvalue weighted by molar-refractivity contribution is 0.277. The molecule has 82 valence electrons. The second-order valence-corrected chi connectivity index (χ2v) is 2.26. The van der Waals surface area contributed by atoms with Gasteiger partial charge in [-0.15, -0.1) is 0 Å². The molecule has 1 rings (SSSR count). The van der Waals surface area contributed by atoms with E-state index in [1.54, 1.807) is 20.3 Å². The van der Waals surface area contributed by atoms with E-state index in [9.17, 15) is 0 Å². The highest BCUT2D eigenvalue weighted by molar-refractivity contribution is 5.28. The van der Waals surface area contributed by atoms with E-state index in [4.69, 9.17) is 15.5 Å². The summed E-state index contributed by atoms with van der Waals surface area (Å²) in [6.07, 6.45) is 1.18. The van der Waals surface area contributed by atoms with Crippen LogP contribution >= 0.6 is 0 Å². The molecule has 0 aliphatic heterocycles. The maximum atomic E-state index is 8.65. The lowest BCUT2D eigenvalue weighted by atomic mass is 10.3. The number of phenolic OH excluding ortho intramolecular Hbond substituents is 2. The summed E-state index contributed by atoms with van der Waals surface area (Å²) in [4.78, 5) is 0. The van der Waals surface area contributed by atoms with Crippen molar-refractivity contribution in [1.29, 1.82) is 5.26 Å². The van der Waals surface area contributed by atoms with Gasteiger partial charge < -0.3 is 14.9 Å². The van der Waals surface area contributed by atoms with E-state index in [2.05, 4.69) is 11.3 Å². The molecule has 0 saturated carbocycles. The van der Waals surface area contributed by atoms with Crippen LogP contribution in [0, 0.1) is 11.3 Å². The lowest BCUT2D eigenvalue weighted by Crippen LogP contribution is -1.61. The van der Waals surface area contributed by atoms with Gasteiger partial charge in [0.2, 0.25) is 0 Å². The first kappa shape index (κ1) is 15.5. The Morgan fingerprint density at radius 3 is 1.53 bits per heavy atom. The Morgan fingerprint density at radius 2 is 1.40 bits per heavy atom. The van der Waals surface area contributed by atoms with Gasteiger partial charge in [-0.1, -0.05) is 6.58 Å². The molecule has 0 amide bonds. The summed E-state index contributed by atoms with van der Waals surface area (Å²) in [7, 11) is 3.25. The van der Waals surface area contributed by atoms with Gasteiger partial charge >= 0.3 is 0 Å². The van der Waals surface area contributed by atoms with Gasteiger partial charge in [-0.3, -0.25) is 0 Å². The average Bonchev–Trinajstić information content (AvgIpc) is 2.24. The van der Waals surface area contributed by atoms with Crippen LogP contribution < -0.4 is 0 Å². The Morgan fingerprint density at radius 1 is 1.20 bits per heavy atom. The van der Waals surface area contributed by atoms with E-state index in [0.717, 1.165) is 0 Å². The van der Waals surface area contributed by atoms with Gasteiger partial charge in [0.15, 0.2) is 0 Å². The van der Waals surface area contributed by atoms with Crippen LogP contribution in [0.4, 0.5) is 0 Å². The first-order chi connectivity index (χ1) is 7.12. The van der Waals surface area contributed by atoms with Crippen molar-refractivity contribution in [2.45, 2.75) is 0 Å². The Hall–Kier alpha value is -1.99. The largest absolute Gasteiger partial charge is 0.508 e. The smallest absolute Gasteiger partial charge is 0.115 e. The average molecular weight is 209 g/mol. The molecule has 0 aromatic heterocycles. The van der Waals surface area contributed by atoms with Crippen LogP contribution in [0.1, 0.15) is 0 Å². The topological polar surface area (TPSA) is 73.5 Å². The van der Waals surface area contributed by atoms with Gasteiger partial charge in [-0.05, 0) is 24.3 Å². The van der Waals surface area contributed by atoms with Gasteiger partial charge in [0.05, 0.1) is 6.07 Å². The van der Waals surface area contributed by atoms with Gasteiger partial charge in [0.1, 0.15) is 11.5 Å². The molecule has 1 aromatic rings. The number of benzene rings is 1. The second-order valence-electron chi connectivity index (χ2n) is 2.26. The maximum absolute atomic E-state index is 8.65. The monoisotopic (exact) mass is 209 g/mol. The highest BCUT2D eigenvalue weighted by Crippen LogP contribution is 2.13. The third-order valence-corrected chi connectivity index (χ3v) is 0.941. The third-order valence-electron chi connectivity index (χ3n) is 0.941. The Labute approximate surface area is 89.7 Å². The molecule has 2 N–H and O–H groups in total. The molecule has 0 spiro atoms. The molecule has 0 heterocycles. The number of aromatic hydroxyl groups is 2. The van der Waals surface area contributed by atoms with E-state index in [1.807, 2.05) is 0 Å². The predicted octanol–water partition coefficient (Wildman–Crippen LogP) is 2.06. The van der Waals surface area contributed by atoms with Crippen LogP contribution in [0.3, 0.4) is 0 Å². The first-order valence-corrected chi connectivity index (χ1v) is 4.01. The second kappa shape index (κ2) is 12.0. The van der Waals surface area contributed by atoms with Gasteiger partial charge in [-0.25, -0.2) is 0 Å². The molecule has 0 atom stereocenters. The van der Waals surface area contributed by atoms with Crippen molar-refractivity contribution in [3.63, 3.8) is 0 Å². The minimum absolute atomic E-state index is 0.169. The molecule has 0 unspecified atom stereocenters. The summed E-state index contributed by atoms with van der Waals surface area (Å²) >= 11 is 0. The molecule has 4 heteroatoms. The van der Waals surface area contributed by atoms with Crippen molar-refractivity contribution in [1.82, 2.24) is 0 Å². The highest BCUT2D eigenvalue weighted by atomic mass is 16.4. The third kappa shape index (κ3) is 14.8. The fourth-order valence-electron chi connectivity index (χ4n) is 0.453. The van der Waals surface area contributed by atoms with Crippen LogP contribution in [0.5, 0.6) is 11.5 Å². The molecule has 0 saturated heterocycles. The van der Waals surface area contributed by atoms with Crippen molar-refractivity contribution in [3.8, 4) is 17.6 Å². The zero-order chi connectivity index (χ0) is 12.1. The molecule has 0 aliphatic carbocycles. The van der Waals surface area contributed by atoms with Crippen LogP contribution in [-0.4, -0.2) is 24.4 Å². The molecular formula is C11H15NO3. The normalized spacial score (nSPS) is 7.00. The zero-order valence-corrected chi connectivity index (χ0v) is 8.84. The molecule has 0 aliphatic rings. The Kier molecular flexibility index (Phi) is 12.4. The number of hydrogen-bond donors (Lipinski definition) is 2. The number of hydrogen-bond acceptors (Lipinski definition) is 4. The highest BCUT2D eigenvalue weighted by Gasteiger charge is 1.84. The fourth-order valence-corrected chi connectivity index (χ4v) is 0.453. The van der Waals surface area contributed by atoms with Crippen molar-refractivity contribution in [3.05, 3.63) is 36.9 Å².